The van der Waals surface area contributed by atoms with Crippen molar-refractivity contribution in [2.75, 3.05) is 5.43 Å². The van der Waals surface area contributed by atoms with Gasteiger partial charge < -0.3 is 10.7 Å². The van der Waals surface area contributed by atoms with E-state index in [1.54, 1.807) is 4.68 Å². The van der Waals surface area contributed by atoms with Crippen LogP contribution in [-0.2, 0) is 13.6 Å². The lowest BCUT2D eigenvalue weighted by Crippen LogP contribution is -2.24. The first-order valence-electron chi connectivity index (χ1n) is 6.33. The molecule has 0 bridgehead atoms. The van der Waals surface area contributed by atoms with Gasteiger partial charge in [0.25, 0.3) is 5.91 Å². The SMILES string of the molecule is Cc1nn(C)c(C)c1CNC(=O)c1cnc(NN)c(Cl)c1. The average Bonchev–Trinajstić information content (AvgIpc) is 2.69. The topological polar surface area (TPSA) is 97.9 Å². The Morgan fingerprint density at radius 2 is 2.19 bits per heavy atom. The third kappa shape index (κ3) is 3.14. The fourth-order valence-electron chi connectivity index (χ4n) is 2.01. The summed E-state index contributed by atoms with van der Waals surface area (Å²) >= 11 is 5.95. The summed E-state index contributed by atoms with van der Waals surface area (Å²) in [5.74, 6) is 5.31. The number of nitrogen functional groups attached to an aromatic ring is 1. The van der Waals surface area contributed by atoms with Crippen LogP contribution >= 0.6 is 11.6 Å². The molecule has 1 amide bonds. The zero-order chi connectivity index (χ0) is 15.6. The normalized spacial score (nSPS) is 10.5. The van der Waals surface area contributed by atoms with Gasteiger partial charge in [0.1, 0.15) is 0 Å². The van der Waals surface area contributed by atoms with Crippen LogP contribution in [0.15, 0.2) is 12.3 Å². The number of nitrogens with one attached hydrogen (secondary N) is 2. The minimum atomic E-state index is -0.254. The van der Waals surface area contributed by atoms with Gasteiger partial charge in [-0.1, -0.05) is 11.6 Å². The molecule has 21 heavy (non-hydrogen) atoms. The maximum atomic E-state index is 12.1. The van der Waals surface area contributed by atoms with E-state index in [-0.39, 0.29) is 5.91 Å². The van der Waals surface area contributed by atoms with Crippen molar-refractivity contribution < 1.29 is 4.79 Å². The third-order valence-corrected chi connectivity index (χ3v) is 3.61. The fourth-order valence-corrected chi connectivity index (χ4v) is 2.23. The summed E-state index contributed by atoms with van der Waals surface area (Å²) in [6.45, 7) is 4.27. The van der Waals surface area contributed by atoms with Gasteiger partial charge in [-0.05, 0) is 19.9 Å². The summed E-state index contributed by atoms with van der Waals surface area (Å²) in [4.78, 5) is 16.1. The standard InChI is InChI=1S/C13H17ClN6O/c1-7-10(8(2)20(3)19-7)6-17-13(21)9-4-11(14)12(18-15)16-5-9/h4-5H,6,15H2,1-3H3,(H,16,18)(H,17,21). The average molecular weight is 309 g/mol. The number of aromatic nitrogens is 3. The van der Waals surface area contributed by atoms with Crippen LogP contribution in [0.3, 0.4) is 0 Å². The van der Waals surface area contributed by atoms with Crippen LogP contribution in [0.2, 0.25) is 5.02 Å². The molecule has 0 spiro atoms. The molecule has 0 aliphatic carbocycles. The highest BCUT2D eigenvalue weighted by molar-refractivity contribution is 6.33. The smallest absolute Gasteiger partial charge is 0.253 e. The summed E-state index contributed by atoms with van der Waals surface area (Å²) < 4.78 is 1.79. The van der Waals surface area contributed by atoms with Gasteiger partial charge in [-0.15, -0.1) is 0 Å². The number of rotatable bonds is 4. The van der Waals surface area contributed by atoms with E-state index in [1.807, 2.05) is 20.9 Å². The molecule has 0 atom stereocenters. The van der Waals surface area contributed by atoms with Crippen LogP contribution < -0.4 is 16.6 Å². The molecule has 8 heteroatoms. The molecule has 0 saturated heterocycles. The molecule has 112 valence electrons. The summed E-state index contributed by atoms with van der Waals surface area (Å²) in [6.07, 6.45) is 1.42. The molecule has 0 aliphatic heterocycles. The van der Waals surface area contributed by atoms with Crippen molar-refractivity contribution >= 4 is 23.3 Å². The van der Waals surface area contributed by atoms with E-state index >= 15 is 0 Å². The number of hydrogen-bond acceptors (Lipinski definition) is 5. The molecule has 0 saturated carbocycles. The van der Waals surface area contributed by atoms with E-state index in [0.29, 0.717) is 22.9 Å². The summed E-state index contributed by atoms with van der Waals surface area (Å²) in [6, 6.07) is 1.52. The first-order chi connectivity index (χ1) is 9.93. The predicted octanol–water partition coefficient (Wildman–Crippen LogP) is 1.30. The second-order valence-electron chi connectivity index (χ2n) is 4.65. The number of anilines is 1. The molecule has 2 heterocycles. The van der Waals surface area contributed by atoms with E-state index in [9.17, 15) is 4.79 Å². The number of halogens is 1. The molecule has 4 N–H and O–H groups in total. The Balaban J connectivity index is 2.10. The van der Waals surface area contributed by atoms with Crippen LogP contribution in [0.5, 0.6) is 0 Å². The second-order valence-corrected chi connectivity index (χ2v) is 5.06. The summed E-state index contributed by atoms with van der Waals surface area (Å²) in [7, 11) is 1.87. The maximum absolute atomic E-state index is 12.1. The van der Waals surface area contributed by atoms with E-state index in [4.69, 9.17) is 17.4 Å². The molecule has 0 aliphatic rings. The van der Waals surface area contributed by atoms with Gasteiger partial charge in [0.15, 0.2) is 5.82 Å². The minimum absolute atomic E-state index is 0.254. The zero-order valence-electron chi connectivity index (χ0n) is 12.1. The highest BCUT2D eigenvalue weighted by Crippen LogP contribution is 2.19. The number of aryl methyl sites for hydroxylation is 2. The Morgan fingerprint density at radius 3 is 2.71 bits per heavy atom. The molecule has 0 fully saturated rings. The Kier molecular flexibility index (Phi) is 4.44. The van der Waals surface area contributed by atoms with Gasteiger partial charge in [0, 0.05) is 31.0 Å². The molecular weight excluding hydrogens is 292 g/mol. The van der Waals surface area contributed by atoms with Crippen molar-refractivity contribution in [1.29, 1.82) is 0 Å². The van der Waals surface area contributed by atoms with Crippen molar-refractivity contribution in [2.45, 2.75) is 20.4 Å². The fraction of sp³-hybridized carbons (Fsp3) is 0.308. The Bertz CT molecular complexity index is 682. The van der Waals surface area contributed by atoms with Gasteiger partial charge in [-0.25, -0.2) is 10.8 Å². The predicted molar refractivity (Wildman–Crippen MR) is 80.9 cm³/mol. The van der Waals surface area contributed by atoms with Crippen LogP contribution in [0.4, 0.5) is 5.82 Å². The summed E-state index contributed by atoms with van der Waals surface area (Å²) in [5, 5.41) is 7.43. The van der Waals surface area contributed by atoms with E-state index in [1.165, 1.54) is 12.3 Å². The maximum Gasteiger partial charge on any atom is 0.253 e. The summed E-state index contributed by atoms with van der Waals surface area (Å²) in [5.41, 5.74) is 5.65. The number of hydrazine groups is 1. The monoisotopic (exact) mass is 308 g/mol. The van der Waals surface area contributed by atoms with Crippen molar-refractivity contribution in [3.8, 4) is 0 Å². The van der Waals surface area contributed by atoms with Gasteiger partial charge in [-0.2, -0.15) is 5.10 Å². The van der Waals surface area contributed by atoms with Gasteiger partial charge in [-0.3, -0.25) is 9.48 Å². The highest BCUT2D eigenvalue weighted by atomic mass is 35.5. The molecule has 2 rings (SSSR count). The van der Waals surface area contributed by atoms with E-state index in [2.05, 4.69) is 20.8 Å². The molecule has 0 unspecified atom stereocenters. The highest BCUT2D eigenvalue weighted by Gasteiger charge is 2.13. The number of nitrogens with zero attached hydrogens (tertiary/aromatic N) is 3. The Hall–Kier alpha value is -2.12. The van der Waals surface area contributed by atoms with Crippen LogP contribution in [0.25, 0.3) is 0 Å². The molecule has 7 nitrogen and oxygen atoms in total. The third-order valence-electron chi connectivity index (χ3n) is 3.32. The van der Waals surface area contributed by atoms with Crippen LogP contribution in [0.1, 0.15) is 27.3 Å². The van der Waals surface area contributed by atoms with Crippen molar-refractivity contribution in [2.24, 2.45) is 12.9 Å². The largest absolute Gasteiger partial charge is 0.348 e. The number of pyridine rings is 1. The Morgan fingerprint density at radius 1 is 1.48 bits per heavy atom. The number of nitrogens with two attached hydrogens (primary N) is 1. The van der Waals surface area contributed by atoms with E-state index in [0.717, 1.165) is 17.0 Å². The van der Waals surface area contributed by atoms with Gasteiger partial charge >= 0.3 is 0 Å². The number of carbonyl (C=O) groups excluding carboxylic acids is 1. The number of amides is 1. The molecule has 0 aromatic carbocycles. The van der Waals surface area contributed by atoms with Gasteiger partial charge in [0.2, 0.25) is 0 Å². The molecular formula is C13H17ClN6O. The first kappa shape index (κ1) is 15.3. The lowest BCUT2D eigenvalue weighted by atomic mass is 10.2. The Labute approximate surface area is 127 Å². The quantitative estimate of drug-likeness (QED) is 0.584. The minimum Gasteiger partial charge on any atom is -0.348 e. The van der Waals surface area contributed by atoms with Crippen LogP contribution in [-0.4, -0.2) is 20.7 Å². The second kappa shape index (κ2) is 6.11. The first-order valence-corrected chi connectivity index (χ1v) is 6.71. The lowest BCUT2D eigenvalue weighted by Gasteiger charge is -2.07. The zero-order valence-corrected chi connectivity index (χ0v) is 12.8. The van der Waals surface area contributed by atoms with Gasteiger partial charge in [0.05, 0.1) is 16.3 Å². The molecule has 2 aromatic heterocycles. The molecule has 2 aromatic rings. The van der Waals surface area contributed by atoms with Crippen molar-refractivity contribution in [1.82, 2.24) is 20.1 Å². The number of hydrogen-bond donors (Lipinski definition) is 3. The van der Waals surface area contributed by atoms with E-state index < -0.39 is 0 Å². The van der Waals surface area contributed by atoms with Crippen molar-refractivity contribution in [3.05, 3.63) is 39.8 Å². The van der Waals surface area contributed by atoms with Crippen molar-refractivity contribution in [3.63, 3.8) is 0 Å². The molecule has 0 radical (unpaired) electrons. The lowest BCUT2D eigenvalue weighted by molar-refractivity contribution is 0.0950. The van der Waals surface area contributed by atoms with Crippen LogP contribution in [0, 0.1) is 13.8 Å². The number of carbonyl (C=O) groups is 1.